The highest BCUT2D eigenvalue weighted by Crippen LogP contribution is 2.05. The zero-order valence-corrected chi connectivity index (χ0v) is 12.9. The average Bonchev–Trinajstić information content (AvgIpc) is 2.56. The molecule has 1 aliphatic rings. The second kappa shape index (κ2) is 8.27. The van der Waals surface area contributed by atoms with Gasteiger partial charge >= 0.3 is 0 Å². The third-order valence-corrected chi connectivity index (χ3v) is 2.87. The third kappa shape index (κ3) is 9.05. The maximum Gasteiger partial charge on any atom is 0.138 e. The van der Waals surface area contributed by atoms with Gasteiger partial charge in [-0.3, -0.25) is 0 Å². The van der Waals surface area contributed by atoms with Crippen molar-refractivity contribution >= 4 is 10.2 Å². The fourth-order valence-corrected chi connectivity index (χ4v) is 2.11. The van der Waals surface area contributed by atoms with Crippen LogP contribution in [0.2, 0.25) is 0 Å². The number of ether oxygens (including phenoxy) is 2. The zero-order chi connectivity index (χ0) is 11.7. The third-order valence-electron chi connectivity index (χ3n) is 2.29. The van der Waals surface area contributed by atoms with E-state index in [0.29, 0.717) is 0 Å². The first-order valence-electron chi connectivity index (χ1n) is 6.00. The second-order valence-electron chi connectivity index (χ2n) is 4.36. The molecule has 0 aromatic carbocycles. The number of rotatable bonds is 4. The van der Waals surface area contributed by atoms with Gasteiger partial charge in [0.25, 0.3) is 0 Å². The molecule has 1 fully saturated rings. The smallest absolute Gasteiger partial charge is 0.138 e. The van der Waals surface area contributed by atoms with E-state index in [4.69, 9.17) is 9.47 Å². The second-order valence-corrected chi connectivity index (χ2v) is 6.18. The summed E-state index contributed by atoms with van der Waals surface area (Å²) >= 11 is 0. The zero-order valence-electron chi connectivity index (χ0n) is 10.9. The molecule has 4 heteroatoms. The Morgan fingerprint density at radius 3 is 2.07 bits per heavy atom. The summed E-state index contributed by atoms with van der Waals surface area (Å²) < 4.78 is 10.6. The molecule has 0 spiro atoms. The van der Waals surface area contributed by atoms with Crippen molar-refractivity contribution in [2.75, 3.05) is 26.3 Å². The monoisotopic (exact) mass is 233 g/mol. The van der Waals surface area contributed by atoms with Crippen molar-refractivity contribution in [3.63, 3.8) is 0 Å². The lowest BCUT2D eigenvalue weighted by atomic mass is 10.2. The number of nitrogens with one attached hydrogen (secondary N) is 1. The Bertz CT molecular complexity index is 140. The highest BCUT2D eigenvalue weighted by atomic mass is 28.1. The molecule has 1 N–H and O–H groups in total. The average molecular weight is 233 g/mol. The fourth-order valence-electron chi connectivity index (χ4n) is 1.54. The largest absolute Gasteiger partial charge is 0.355 e. The van der Waals surface area contributed by atoms with E-state index in [1.54, 1.807) is 0 Å². The van der Waals surface area contributed by atoms with Crippen LogP contribution in [-0.2, 0) is 9.47 Å². The molecular weight excluding hydrogens is 206 g/mol. The van der Waals surface area contributed by atoms with Crippen molar-refractivity contribution in [1.29, 1.82) is 0 Å². The molecule has 0 aromatic heterocycles. The van der Waals surface area contributed by atoms with Gasteiger partial charge in [0.2, 0.25) is 0 Å². The van der Waals surface area contributed by atoms with E-state index in [9.17, 15) is 0 Å². The van der Waals surface area contributed by atoms with Crippen LogP contribution in [0.4, 0.5) is 0 Å². The van der Waals surface area contributed by atoms with Gasteiger partial charge in [-0.15, -0.1) is 0 Å². The van der Waals surface area contributed by atoms with Crippen molar-refractivity contribution in [3.8, 4) is 0 Å². The van der Waals surface area contributed by atoms with Gasteiger partial charge in [0.15, 0.2) is 0 Å². The minimum atomic E-state index is -0.260. The number of hydrogen-bond acceptors (Lipinski definition) is 3. The molecule has 1 aliphatic heterocycles. The SMILES string of the molecule is CC1CCNC1.CCOC(C)([SiH3])OCC. The Morgan fingerprint density at radius 2 is 1.87 bits per heavy atom. The summed E-state index contributed by atoms with van der Waals surface area (Å²) in [6.45, 7) is 12.2. The summed E-state index contributed by atoms with van der Waals surface area (Å²) in [6.07, 6.45) is 1.38. The molecule has 0 bridgehead atoms. The van der Waals surface area contributed by atoms with Crippen LogP contribution >= 0.6 is 0 Å². The van der Waals surface area contributed by atoms with Crippen molar-refractivity contribution < 1.29 is 9.47 Å². The Balaban J connectivity index is 0.000000280. The first kappa shape index (κ1) is 15.1. The fraction of sp³-hybridized carbons (Fsp3) is 1.00. The quantitative estimate of drug-likeness (QED) is 0.573. The predicted molar refractivity (Wildman–Crippen MR) is 68.2 cm³/mol. The van der Waals surface area contributed by atoms with Crippen molar-refractivity contribution in [2.24, 2.45) is 5.92 Å². The van der Waals surface area contributed by atoms with E-state index in [1.165, 1.54) is 19.5 Å². The van der Waals surface area contributed by atoms with Gasteiger partial charge in [0.05, 0.1) is 10.2 Å². The molecule has 0 saturated carbocycles. The van der Waals surface area contributed by atoms with Crippen LogP contribution in [0.15, 0.2) is 0 Å². The molecule has 1 unspecified atom stereocenters. The molecular formula is C11H27NO2Si. The Morgan fingerprint density at radius 1 is 1.33 bits per heavy atom. The molecule has 0 amide bonds. The van der Waals surface area contributed by atoms with Crippen LogP contribution in [0.3, 0.4) is 0 Å². The molecule has 92 valence electrons. The van der Waals surface area contributed by atoms with Gasteiger partial charge in [-0.1, -0.05) is 6.92 Å². The van der Waals surface area contributed by atoms with E-state index in [1.807, 2.05) is 20.8 Å². The standard InChI is InChI=1S/C6H16O2Si.C5H11N/c1-4-7-6(3,9)8-5-2;1-5-2-3-6-4-5/h4-5H2,1-3,9H3;5-6H,2-4H2,1H3. The summed E-state index contributed by atoms with van der Waals surface area (Å²) in [5.41, 5.74) is -0.260. The highest BCUT2D eigenvalue weighted by Gasteiger charge is 2.15. The van der Waals surface area contributed by atoms with Gasteiger partial charge in [-0.05, 0) is 46.2 Å². The highest BCUT2D eigenvalue weighted by molar-refractivity contribution is 6.13. The normalized spacial score (nSPS) is 21.2. The molecule has 0 radical (unpaired) electrons. The first-order chi connectivity index (χ1) is 7.02. The Labute approximate surface area is 97.3 Å². The molecule has 0 aromatic rings. The van der Waals surface area contributed by atoms with Crippen LogP contribution in [0.5, 0.6) is 0 Å². The van der Waals surface area contributed by atoms with Gasteiger partial charge in [0.1, 0.15) is 5.41 Å². The lowest BCUT2D eigenvalue weighted by Gasteiger charge is -2.24. The van der Waals surface area contributed by atoms with E-state index in [2.05, 4.69) is 12.2 Å². The van der Waals surface area contributed by atoms with Gasteiger partial charge in [-0.2, -0.15) is 0 Å². The first-order valence-corrected chi connectivity index (χ1v) is 7.00. The Kier molecular flexibility index (Phi) is 8.33. The van der Waals surface area contributed by atoms with Crippen LogP contribution in [0.1, 0.15) is 34.1 Å². The van der Waals surface area contributed by atoms with Crippen LogP contribution < -0.4 is 5.32 Å². The lowest BCUT2D eigenvalue weighted by molar-refractivity contribution is -0.160. The molecule has 0 aliphatic carbocycles. The molecule has 3 nitrogen and oxygen atoms in total. The lowest BCUT2D eigenvalue weighted by Crippen LogP contribution is -2.32. The molecule has 15 heavy (non-hydrogen) atoms. The van der Waals surface area contributed by atoms with Crippen molar-refractivity contribution in [3.05, 3.63) is 0 Å². The van der Waals surface area contributed by atoms with Crippen LogP contribution in [-0.4, -0.2) is 42.0 Å². The van der Waals surface area contributed by atoms with Crippen molar-refractivity contribution in [2.45, 2.75) is 39.5 Å². The van der Waals surface area contributed by atoms with Crippen LogP contribution in [0.25, 0.3) is 0 Å². The topological polar surface area (TPSA) is 30.5 Å². The minimum absolute atomic E-state index is 0.260. The van der Waals surface area contributed by atoms with Gasteiger partial charge in [0, 0.05) is 13.2 Å². The summed E-state index contributed by atoms with van der Waals surface area (Å²) in [7, 11) is 0.923. The van der Waals surface area contributed by atoms with Gasteiger partial charge < -0.3 is 14.8 Å². The summed E-state index contributed by atoms with van der Waals surface area (Å²) in [5, 5.41) is 3.27. The number of hydrogen-bond donors (Lipinski definition) is 1. The molecule has 1 heterocycles. The van der Waals surface area contributed by atoms with E-state index in [-0.39, 0.29) is 5.41 Å². The van der Waals surface area contributed by atoms with Crippen LogP contribution in [0, 0.1) is 5.92 Å². The maximum absolute atomic E-state index is 5.31. The van der Waals surface area contributed by atoms with E-state index < -0.39 is 0 Å². The minimum Gasteiger partial charge on any atom is -0.355 e. The summed E-state index contributed by atoms with van der Waals surface area (Å²) in [5.74, 6) is 0.935. The van der Waals surface area contributed by atoms with Gasteiger partial charge in [-0.25, -0.2) is 0 Å². The van der Waals surface area contributed by atoms with E-state index >= 15 is 0 Å². The molecule has 1 saturated heterocycles. The summed E-state index contributed by atoms with van der Waals surface area (Å²) in [4.78, 5) is 0. The predicted octanol–water partition coefficient (Wildman–Crippen LogP) is 0.714. The summed E-state index contributed by atoms with van der Waals surface area (Å²) in [6, 6.07) is 0. The van der Waals surface area contributed by atoms with E-state index in [0.717, 1.165) is 29.4 Å². The molecule has 1 rings (SSSR count). The maximum atomic E-state index is 5.31. The molecule has 1 atom stereocenters. The Hall–Kier alpha value is 0.0969. The van der Waals surface area contributed by atoms with Crippen molar-refractivity contribution in [1.82, 2.24) is 5.32 Å².